The van der Waals surface area contributed by atoms with Gasteiger partial charge in [-0.3, -0.25) is 25.0 Å². The van der Waals surface area contributed by atoms with Crippen molar-refractivity contribution in [3.8, 4) is 0 Å². The molecule has 0 unspecified atom stereocenters. The number of thiocarbonyl (C=S) groups is 1. The molecule has 38 heavy (non-hydrogen) atoms. The van der Waals surface area contributed by atoms with Crippen molar-refractivity contribution in [3.05, 3.63) is 58.1 Å². The lowest BCUT2D eigenvalue weighted by atomic mass is 10.1. The zero-order valence-electron chi connectivity index (χ0n) is 21.8. The number of amides is 2. The summed E-state index contributed by atoms with van der Waals surface area (Å²) in [6.45, 7) is 8.38. The van der Waals surface area contributed by atoms with Crippen LogP contribution in [-0.4, -0.2) is 66.0 Å². The second-order valence-electron chi connectivity index (χ2n) is 9.93. The molecule has 2 amide bonds. The number of hydrogen-bond acceptors (Lipinski definition) is 7. The van der Waals surface area contributed by atoms with Crippen LogP contribution < -0.4 is 20.4 Å². The maximum absolute atomic E-state index is 13.1. The van der Waals surface area contributed by atoms with Gasteiger partial charge in [-0.2, -0.15) is 0 Å². The summed E-state index contributed by atoms with van der Waals surface area (Å²) in [5.41, 5.74) is 2.53. The monoisotopic (exact) mass is 538 g/mol. The molecule has 0 radical (unpaired) electrons. The lowest BCUT2D eigenvalue weighted by Crippen LogP contribution is -2.49. The van der Waals surface area contributed by atoms with Gasteiger partial charge in [-0.25, -0.2) is 0 Å². The number of nitrogens with zero attached hydrogens (tertiary/aromatic N) is 4. The van der Waals surface area contributed by atoms with Gasteiger partial charge in [0.2, 0.25) is 5.91 Å². The summed E-state index contributed by atoms with van der Waals surface area (Å²) in [7, 11) is 0. The smallest absolute Gasteiger partial charge is 0.270 e. The summed E-state index contributed by atoms with van der Waals surface area (Å²) in [6.07, 6.45) is 3.16. The second kappa shape index (κ2) is 12.2. The molecule has 2 aromatic rings. The summed E-state index contributed by atoms with van der Waals surface area (Å²) in [5, 5.41) is 17.2. The minimum atomic E-state index is -0.503. The number of piperidine rings is 1. The van der Waals surface area contributed by atoms with Gasteiger partial charge in [0.25, 0.3) is 11.6 Å². The molecule has 11 heteroatoms. The zero-order chi connectivity index (χ0) is 27.2. The predicted molar refractivity (Wildman–Crippen MR) is 153 cm³/mol. The van der Waals surface area contributed by atoms with Gasteiger partial charge in [-0.15, -0.1) is 0 Å². The SMILES string of the molecule is CC(C)C(=O)N1CCN(c2ccc(NC(=S)NC(=O)c3cc([N+](=O)[O-])ccc3N3CCCCC3)cc2)CC1. The van der Waals surface area contributed by atoms with Crippen molar-refractivity contribution >= 4 is 51.9 Å². The van der Waals surface area contributed by atoms with Crippen LogP contribution in [0.1, 0.15) is 43.5 Å². The first kappa shape index (κ1) is 27.3. The van der Waals surface area contributed by atoms with Crippen molar-refractivity contribution in [3.63, 3.8) is 0 Å². The maximum Gasteiger partial charge on any atom is 0.270 e. The van der Waals surface area contributed by atoms with E-state index in [-0.39, 0.29) is 28.2 Å². The molecule has 0 bridgehead atoms. The summed E-state index contributed by atoms with van der Waals surface area (Å²) in [4.78, 5) is 42.4. The van der Waals surface area contributed by atoms with E-state index in [2.05, 4.69) is 20.4 Å². The number of anilines is 3. The Kier molecular flexibility index (Phi) is 8.77. The Bertz CT molecular complexity index is 1190. The van der Waals surface area contributed by atoms with Crippen LogP contribution >= 0.6 is 12.2 Å². The Balaban J connectivity index is 1.37. The zero-order valence-corrected chi connectivity index (χ0v) is 22.6. The molecule has 2 fully saturated rings. The van der Waals surface area contributed by atoms with Gasteiger partial charge in [-0.1, -0.05) is 13.8 Å². The molecule has 0 aliphatic carbocycles. The average molecular weight is 539 g/mol. The van der Waals surface area contributed by atoms with Crippen molar-refractivity contribution < 1.29 is 14.5 Å². The minimum absolute atomic E-state index is 0.00426. The highest BCUT2D eigenvalue weighted by molar-refractivity contribution is 7.80. The van der Waals surface area contributed by atoms with E-state index in [0.29, 0.717) is 24.5 Å². The molecule has 2 aromatic carbocycles. The first-order chi connectivity index (χ1) is 18.2. The highest BCUT2D eigenvalue weighted by Gasteiger charge is 2.24. The Labute approximate surface area is 228 Å². The number of piperazine rings is 1. The molecule has 2 aliphatic rings. The Hall–Kier alpha value is -3.73. The van der Waals surface area contributed by atoms with E-state index in [1.807, 2.05) is 43.0 Å². The predicted octanol–water partition coefficient (Wildman–Crippen LogP) is 4.02. The van der Waals surface area contributed by atoms with Crippen LogP contribution in [0.25, 0.3) is 0 Å². The molecule has 0 spiro atoms. The molecule has 4 rings (SSSR count). The Morgan fingerprint density at radius 2 is 1.58 bits per heavy atom. The summed E-state index contributed by atoms with van der Waals surface area (Å²) in [6, 6.07) is 12.1. The number of nitro benzene ring substituents is 1. The van der Waals surface area contributed by atoms with Crippen LogP contribution in [0.5, 0.6) is 0 Å². The highest BCUT2D eigenvalue weighted by Crippen LogP contribution is 2.28. The van der Waals surface area contributed by atoms with Gasteiger partial charge in [0.1, 0.15) is 0 Å². The van der Waals surface area contributed by atoms with Crippen molar-refractivity contribution in [2.45, 2.75) is 33.1 Å². The normalized spacial score (nSPS) is 15.8. The van der Waals surface area contributed by atoms with Crippen LogP contribution in [0, 0.1) is 16.0 Å². The average Bonchev–Trinajstić information content (AvgIpc) is 2.93. The van der Waals surface area contributed by atoms with Gasteiger partial charge < -0.3 is 20.0 Å². The third-order valence-corrected chi connectivity index (χ3v) is 7.14. The number of benzene rings is 2. The lowest BCUT2D eigenvalue weighted by Gasteiger charge is -2.37. The topological polar surface area (TPSA) is 111 Å². The third kappa shape index (κ3) is 6.58. The molecule has 202 valence electrons. The second-order valence-corrected chi connectivity index (χ2v) is 10.3. The maximum atomic E-state index is 13.1. The largest absolute Gasteiger partial charge is 0.371 e. The van der Waals surface area contributed by atoms with Gasteiger partial charge >= 0.3 is 0 Å². The number of carbonyl (C=O) groups excluding carboxylic acids is 2. The van der Waals surface area contributed by atoms with E-state index in [9.17, 15) is 19.7 Å². The summed E-state index contributed by atoms with van der Waals surface area (Å²) in [5.74, 6) is -0.297. The number of carbonyl (C=O) groups is 2. The standard InChI is InChI=1S/C27H34N6O4S/c1-19(2)26(35)32-16-14-30(15-17-32)21-8-6-20(7-9-21)28-27(38)29-25(34)23-18-22(33(36)37)10-11-24(23)31-12-4-3-5-13-31/h6-11,18-19H,3-5,12-17H2,1-2H3,(H2,28,29,34,38). The first-order valence-electron chi connectivity index (χ1n) is 13.0. The molecular weight excluding hydrogens is 504 g/mol. The van der Waals surface area contributed by atoms with Crippen molar-refractivity contribution in [2.75, 3.05) is 54.4 Å². The molecular formula is C27H34N6O4S. The molecule has 0 saturated carbocycles. The number of hydrogen-bond donors (Lipinski definition) is 2. The number of rotatable bonds is 6. The van der Waals surface area contributed by atoms with Crippen LogP contribution in [0.15, 0.2) is 42.5 Å². The van der Waals surface area contributed by atoms with E-state index >= 15 is 0 Å². The molecule has 0 atom stereocenters. The third-order valence-electron chi connectivity index (χ3n) is 6.93. The molecule has 2 aliphatic heterocycles. The first-order valence-corrected chi connectivity index (χ1v) is 13.4. The van der Waals surface area contributed by atoms with E-state index in [1.54, 1.807) is 6.07 Å². The fraction of sp³-hybridized carbons (Fsp3) is 0.444. The minimum Gasteiger partial charge on any atom is -0.371 e. The van der Waals surface area contributed by atoms with E-state index < -0.39 is 10.8 Å². The molecule has 10 nitrogen and oxygen atoms in total. The van der Waals surface area contributed by atoms with Gasteiger partial charge in [0, 0.05) is 68.7 Å². The quantitative estimate of drug-likeness (QED) is 0.322. The van der Waals surface area contributed by atoms with E-state index in [0.717, 1.165) is 51.1 Å². The number of nitrogens with one attached hydrogen (secondary N) is 2. The Morgan fingerprint density at radius 1 is 0.921 bits per heavy atom. The molecule has 2 heterocycles. The van der Waals surface area contributed by atoms with Crippen LogP contribution in [0.4, 0.5) is 22.7 Å². The fourth-order valence-corrected chi connectivity index (χ4v) is 5.08. The van der Waals surface area contributed by atoms with Crippen molar-refractivity contribution in [1.29, 1.82) is 0 Å². The van der Waals surface area contributed by atoms with Gasteiger partial charge in [-0.05, 0) is 61.8 Å². The lowest BCUT2D eigenvalue weighted by molar-refractivity contribution is -0.384. The number of nitro groups is 1. The number of non-ortho nitro benzene ring substituents is 1. The van der Waals surface area contributed by atoms with Gasteiger partial charge in [0.15, 0.2) is 5.11 Å². The molecule has 2 saturated heterocycles. The Morgan fingerprint density at radius 3 is 2.18 bits per heavy atom. The van der Waals surface area contributed by atoms with E-state index in [1.165, 1.54) is 12.1 Å². The van der Waals surface area contributed by atoms with Crippen molar-refractivity contribution in [2.24, 2.45) is 5.92 Å². The fourth-order valence-electron chi connectivity index (χ4n) is 4.87. The molecule has 2 N–H and O–H groups in total. The highest BCUT2D eigenvalue weighted by atomic mass is 32.1. The van der Waals surface area contributed by atoms with Crippen LogP contribution in [0.3, 0.4) is 0 Å². The van der Waals surface area contributed by atoms with Gasteiger partial charge in [0.05, 0.1) is 16.2 Å². The summed E-state index contributed by atoms with van der Waals surface area (Å²) < 4.78 is 0. The van der Waals surface area contributed by atoms with Crippen LogP contribution in [-0.2, 0) is 4.79 Å². The van der Waals surface area contributed by atoms with Crippen LogP contribution in [0.2, 0.25) is 0 Å². The van der Waals surface area contributed by atoms with Crippen molar-refractivity contribution in [1.82, 2.24) is 10.2 Å². The van der Waals surface area contributed by atoms with E-state index in [4.69, 9.17) is 12.2 Å². The molecule has 0 aromatic heterocycles. The summed E-state index contributed by atoms with van der Waals surface area (Å²) >= 11 is 5.37.